The van der Waals surface area contributed by atoms with Crippen molar-refractivity contribution >= 4 is 23.1 Å². The van der Waals surface area contributed by atoms with Crippen LogP contribution in [0.3, 0.4) is 0 Å². The average molecular weight is 174 g/mol. The molecule has 0 amide bonds. The second-order valence-corrected chi connectivity index (χ2v) is 4.36. The number of thioether (sulfide) groups is 1. The quantitative estimate of drug-likeness (QED) is 0.709. The lowest BCUT2D eigenvalue weighted by Crippen LogP contribution is -2.01. The molecule has 0 aliphatic rings. The molecule has 1 nitrogen and oxygen atoms in total. The lowest BCUT2D eigenvalue weighted by Gasteiger charge is -1.99. The van der Waals surface area contributed by atoms with Gasteiger partial charge in [-0.05, 0) is 18.4 Å². The van der Waals surface area contributed by atoms with E-state index in [1.165, 1.54) is 4.21 Å². The van der Waals surface area contributed by atoms with E-state index >= 15 is 0 Å². The van der Waals surface area contributed by atoms with E-state index in [1.54, 1.807) is 30.0 Å². The van der Waals surface area contributed by atoms with E-state index in [9.17, 15) is 0 Å². The molecule has 1 atom stereocenters. The molecule has 0 aliphatic heterocycles. The van der Waals surface area contributed by atoms with Gasteiger partial charge in [0.2, 0.25) is 0 Å². The lowest BCUT2D eigenvalue weighted by molar-refractivity contribution is 0.220. The van der Waals surface area contributed by atoms with Crippen molar-refractivity contribution in [3.63, 3.8) is 0 Å². The van der Waals surface area contributed by atoms with Crippen molar-refractivity contribution in [2.75, 3.05) is 5.75 Å². The predicted molar refractivity (Wildman–Crippen MR) is 46.7 cm³/mol. The summed E-state index contributed by atoms with van der Waals surface area (Å²) < 4.78 is 1.28. The van der Waals surface area contributed by atoms with Gasteiger partial charge in [0.1, 0.15) is 0 Å². The Kier molecular flexibility index (Phi) is 3.25. The van der Waals surface area contributed by atoms with E-state index in [1.807, 2.05) is 11.4 Å². The first-order chi connectivity index (χ1) is 4.79. The normalized spacial score (nSPS) is 13.4. The summed E-state index contributed by atoms with van der Waals surface area (Å²) in [6.45, 7) is 1.81. The summed E-state index contributed by atoms with van der Waals surface area (Å²) in [5, 5.41) is 11.0. The molecule has 1 aromatic rings. The Morgan fingerprint density at radius 3 is 3.10 bits per heavy atom. The van der Waals surface area contributed by atoms with Gasteiger partial charge >= 0.3 is 0 Å². The molecule has 1 heterocycles. The number of hydrogen-bond acceptors (Lipinski definition) is 3. The summed E-state index contributed by atoms with van der Waals surface area (Å²) in [6.07, 6.45) is -0.202. The Balaban J connectivity index is 2.28. The smallest absolute Gasteiger partial charge is 0.0606 e. The van der Waals surface area contributed by atoms with E-state index in [2.05, 4.69) is 6.07 Å². The molecular weight excluding hydrogens is 164 g/mol. The molecule has 0 aliphatic carbocycles. The Labute approximate surface area is 69.1 Å². The third kappa shape index (κ3) is 2.73. The van der Waals surface area contributed by atoms with Crippen LogP contribution >= 0.6 is 23.1 Å². The minimum atomic E-state index is -0.202. The number of hydrogen-bond donors (Lipinski definition) is 1. The van der Waals surface area contributed by atoms with Gasteiger partial charge in [-0.2, -0.15) is 0 Å². The fraction of sp³-hybridized carbons (Fsp3) is 0.429. The molecule has 1 N–H and O–H groups in total. The van der Waals surface area contributed by atoms with Gasteiger partial charge in [-0.3, -0.25) is 0 Å². The molecule has 0 spiro atoms. The SMILES string of the molecule is C[C@H](O)CSc1cccs1. The van der Waals surface area contributed by atoms with Gasteiger partial charge in [0.15, 0.2) is 0 Å². The molecule has 1 aromatic heterocycles. The van der Waals surface area contributed by atoms with Crippen molar-refractivity contribution in [3.8, 4) is 0 Å². The lowest BCUT2D eigenvalue weighted by atomic mass is 10.5. The van der Waals surface area contributed by atoms with Crippen LogP contribution in [-0.4, -0.2) is 17.0 Å². The van der Waals surface area contributed by atoms with Crippen LogP contribution in [0, 0.1) is 0 Å². The molecule has 3 heteroatoms. The van der Waals surface area contributed by atoms with Crippen molar-refractivity contribution in [3.05, 3.63) is 17.5 Å². The second kappa shape index (κ2) is 4.01. The standard InChI is InChI=1S/C7H10OS2/c1-6(8)5-10-7-3-2-4-9-7/h2-4,6,8H,5H2,1H3/t6-/m0/s1. The molecule has 0 radical (unpaired) electrons. The summed E-state index contributed by atoms with van der Waals surface area (Å²) in [7, 11) is 0. The molecule has 0 aromatic carbocycles. The minimum absolute atomic E-state index is 0.202. The number of aliphatic hydroxyl groups excluding tert-OH is 1. The van der Waals surface area contributed by atoms with E-state index in [-0.39, 0.29) is 6.10 Å². The Morgan fingerprint density at radius 1 is 1.80 bits per heavy atom. The molecule has 0 unspecified atom stereocenters. The van der Waals surface area contributed by atoms with Crippen LogP contribution < -0.4 is 0 Å². The molecule has 10 heavy (non-hydrogen) atoms. The molecule has 0 saturated heterocycles. The molecular formula is C7H10OS2. The van der Waals surface area contributed by atoms with Crippen LogP contribution in [0.2, 0.25) is 0 Å². The third-order valence-corrected chi connectivity index (χ3v) is 3.34. The number of thiophene rings is 1. The van der Waals surface area contributed by atoms with E-state index in [0.717, 1.165) is 5.75 Å². The van der Waals surface area contributed by atoms with Crippen LogP contribution in [0.25, 0.3) is 0 Å². The van der Waals surface area contributed by atoms with Gasteiger partial charge < -0.3 is 5.11 Å². The maximum Gasteiger partial charge on any atom is 0.0606 e. The van der Waals surface area contributed by atoms with Gasteiger partial charge in [-0.15, -0.1) is 23.1 Å². The Hall–Kier alpha value is 0.01000. The fourth-order valence-electron chi connectivity index (χ4n) is 0.548. The maximum absolute atomic E-state index is 8.93. The first-order valence-electron chi connectivity index (χ1n) is 3.13. The zero-order valence-corrected chi connectivity index (χ0v) is 7.41. The van der Waals surface area contributed by atoms with Crippen LogP contribution in [0.15, 0.2) is 21.7 Å². The molecule has 1 rings (SSSR count). The van der Waals surface area contributed by atoms with Crippen molar-refractivity contribution in [1.29, 1.82) is 0 Å². The predicted octanol–water partition coefficient (Wildman–Crippen LogP) is 2.22. The van der Waals surface area contributed by atoms with Crippen LogP contribution in [0.5, 0.6) is 0 Å². The molecule has 0 saturated carbocycles. The van der Waals surface area contributed by atoms with Gasteiger partial charge in [0.05, 0.1) is 10.3 Å². The molecule has 0 fully saturated rings. The first-order valence-corrected chi connectivity index (χ1v) is 5.00. The summed E-state index contributed by atoms with van der Waals surface area (Å²) in [5.74, 6) is 0.792. The first kappa shape index (κ1) is 8.11. The summed E-state index contributed by atoms with van der Waals surface area (Å²) in [4.78, 5) is 0. The highest BCUT2D eigenvalue weighted by atomic mass is 32.2. The summed E-state index contributed by atoms with van der Waals surface area (Å²) >= 11 is 3.42. The maximum atomic E-state index is 8.93. The highest BCUT2D eigenvalue weighted by molar-refractivity contribution is 8.01. The highest BCUT2D eigenvalue weighted by Gasteiger charge is 1.97. The molecule has 0 bridgehead atoms. The van der Waals surface area contributed by atoms with Crippen LogP contribution in [-0.2, 0) is 0 Å². The summed E-state index contributed by atoms with van der Waals surface area (Å²) in [6, 6.07) is 4.09. The van der Waals surface area contributed by atoms with Crippen LogP contribution in [0.4, 0.5) is 0 Å². The fourth-order valence-corrected chi connectivity index (χ4v) is 2.22. The van der Waals surface area contributed by atoms with Crippen LogP contribution in [0.1, 0.15) is 6.92 Å². The van der Waals surface area contributed by atoms with E-state index < -0.39 is 0 Å². The Bertz CT molecular complexity index is 170. The van der Waals surface area contributed by atoms with Crippen molar-refractivity contribution in [2.45, 2.75) is 17.2 Å². The molecule has 56 valence electrons. The van der Waals surface area contributed by atoms with Crippen molar-refractivity contribution < 1.29 is 5.11 Å². The van der Waals surface area contributed by atoms with Gasteiger partial charge in [0, 0.05) is 5.75 Å². The van der Waals surface area contributed by atoms with E-state index in [4.69, 9.17) is 5.11 Å². The largest absolute Gasteiger partial charge is 0.393 e. The van der Waals surface area contributed by atoms with Crippen molar-refractivity contribution in [1.82, 2.24) is 0 Å². The average Bonchev–Trinajstić information content (AvgIpc) is 2.34. The third-order valence-electron chi connectivity index (χ3n) is 0.962. The Morgan fingerprint density at radius 2 is 2.60 bits per heavy atom. The zero-order valence-electron chi connectivity index (χ0n) is 5.78. The topological polar surface area (TPSA) is 20.2 Å². The van der Waals surface area contributed by atoms with Crippen molar-refractivity contribution in [2.24, 2.45) is 0 Å². The van der Waals surface area contributed by atoms with Gasteiger partial charge in [-0.25, -0.2) is 0 Å². The van der Waals surface area contributed by atoms with E-state index in [0.29, 0.717) is 0 Å². The highest BCUT2D eigenvalue weighted by Crippen LogP contribution is 2.23. The second-order valence-electron chi connectivity index (χ2n) is 2.09. The van der Waals surface area contributed by atoms with Gasteiger partial charge in [0.25, 0.3) is 0 Å². The number of aliphatic hydroxyl groups is 1. The zero-order chi connectivity index (χ0) is 7.40. The minimum Gasteiger partial charge on any atom is -0.393 e. The summed E-state index contributed by atoms with van der Waals surface area (Å²) in [5.41, 5.74) is 0. The monoisotopic (exact) mass is 174 g/mol. The number of rotatable bonds is 3. The van der Waals surface area contributed by atoms with Gasteiger partial charge in [-0.1, -0.05) is 6.07 Å².